The Hall–Kier alpha value is -1.30. The molecule has 1 aliphatic rings. The smallest absolute Gasteiger partial charge is 0.230 e. The second-order valence-electron chi connectivity index (χ2n) is 6.12. The maximum absolute atomic E-state index is 12.5. The molecule has 1 amide bonds. The Morgan fingerprint density at radius 1 is 1.43 bits per heavy atom. The van der Waals surface area contributed by atoms with E-state index in [2.05, 4.69) is 10.3 Å². The Morgan fingerprint density at radius 3 is 2.83 bits per heavy atom. The van der Waals surface area contributed by atoms with Crippen LogP contribution in [0.3, 0.4) is 0 Å². The number of fused-ring (bicyclic) bond motifs is 1. The topological polar surface area (TPSA) is 51.2 Å². The standard InChI is InChI=1S/C16H16Cl2N2O2S/c1-16(2)9(7-12(17)18)13(16)14(21)20-15-19-10-5-4-8(22-3)6-11(10)23-15/h4-7,9,13H,1-3H3,(H,19,20,21). The number of anilines is 1. The highest BCUT2D eigenvalue weighted by Gasteiger charge is 2.60. The van der Waals surface area contributed by atoms with E-state index in [9.17, 15) is 4.79 Å². The molecule has 4 nitrogen and oxygen atoms in total. The Labute approximate surface area is 148 Å². The first-order valence-corrected chi connectivity index (χ1v) is 8.68. The number of ether oxygens (including phenoxy) is 1. The van der Waals surface area contributed by atoms with Gasteiger partial charge in [-0.1, -0.05) is 48.4 Å². The van der Waals surface area contributed by atoms with Crippen LogP contribution in [-0.4, -0.2) is 18.0 Å². The van der Waals surface area contributed by atoms with Gasteiger partial charge in [-0.15, -0.1) is 0 Å². The van der Waals surface area contributed by atoms with E-state index in [1.54, 1.807) is 13.2 Å². The molecule has 2 aromatic rings. The first-order chi connectivity index (χ1) is 10.8. The van der Waals surface area contributed by atoms with Crippen molar-refractivity contribution in [1.82, 2.24) is 4.98 Å². The third kappa shape index (κ3) is 3.18. The van der Waals surface area contributed by atoms with Gasteiger partial charge in [-0.05, 0) is 35.6 Å². The van der Waals surface area contributed by atoms with Crippen LogP contribution in [0.4, 0.5) is 5.13 Å². The summed E-state index contributed by atoms with van der Waals surface area (Å²) in [6.45, 7) is 4.05. The van der Waals surface area contributed by atoms with Crippen LogP contribution in [0.5, 0.6) is 5.75 Å². The molecule has 122 valence electrons. The summed E-state index contributed by atoms with van der Waals surface area (Å²) in [6, 6.07) is 5.63. The van der Waals surface area contributed by atoms with Crippen LogP contribution in [0.1, 0.15) is 13.8 Å². The van der Waals surface area contributed by atoms with Crippen molar-refractivity contribution in [3.05, 3.63) is 28.8 Å². The van der Waals surface area contributed by atoms with E-state index in [0.29, 0.717) is 5.13 Å². The average Bonchev–Trinajstić information content (AvgIpc) is 2.81. The predicted molar refractivity (Wildman–Crippen MR) is 95.4 cm³/mol. The number of nitrogens with one attached hydrogen (secondary N) is 1. The molecule has 1 heterocycles. The van der Waals surface area contributed by atoms with E-state index in [0.717, 1.165) is 16.0 Å². The van der Waals surface area contributed by atoms with Gasteiger partial charge in [0.1, 0.15) is 10.2 Å². The van der Waals surface area contributed by atoms with Crippen LogP contribution in [0.15, 0.2) is 28.8 Å². The molecule has 0 aliphatic heterocycles. The third-order valence-corrected chi connectivity index (χ3v) is 5.51. The quantitative estimate of drug-likeness (QED) is 0.837. The maximum atomic E-state index is 12.5. The summed E-state index contributed by atoms with van der Waals surface area (Å²) in [4.78, 5) is 16.9. The Kier molecular flexibility index (Phi) is 4.29. The fourth-order valence-corrected chi connectivity index (χ4v) is 4.06. The molecule has 1 saturated carbocycles. The molecule has 0 saturated heterocycles. The summed E-state index contributed by atoms with van der Waals surface area (Å²) >= 11 is 12.9. The summed E-state index contributed by atoms with van der Waals surface area (Å²) in [5, 5.41) is 3.49. The van der Waals surface area contributed by atoms with Crippen LogP contribution in [-0.2, 0) is 4.79 Å². The van der Waals surface area contributed by atoms with Gasteiger partial charge >= 0.3 is 0 Å². The van der Waals surface area contributed by atoms with Crippen molar-refractivity contribution < 1.29 is 9.53 Å². The van der Waals surface area contributed by atoms with Gasteiger partial charge in [-0.2, -0.15) is 0 Å². The molecule has 0 radical (unpaired) electrons. The van der Waals surface area contributed by atoms with Crippen LogP contribution in [0.25, 0.3) is 10.2 Å². The number of amides is 1. The zero-order chi connectivity index (χ0) is 16.8. The maximum Gasteiger partial charge on any atom is 0.230 e. The second-order valence-corrected chi connectivity index (χ2v) is 8.16. The van der Waals surface area contributed by atoms with Gasteiger partial charge in [0.15, 0.2) is 5.13 Å². The minimum absolute atomic E-state index is 0.0435. The van der Waals surface area contributed by atoms with E-state index in [1.165, 1.54) is 11.3 Å². The molecule has 2 unspecified atom stereocenters. The van der Waals surface area contributed by atoms with Gasteiger partial charge in [0.25, 0.3) is 0 Å². The highest BCUT2D eigenvalue weighted by atomic mass is 35.5. The molecule has 7 heteroatoms. The lowest BCUT2D eigenvalue weighted by Crippen LogP contribution is -2.16. The van der Waals surface area contributed by atoms with Crippen LogP contribution in [0.2, 0.25) is 0 Å². The average molecular weight is 371 g/mol. The fourth-order valence-electron chi connectivity index (χ4n) is 2.89. The van der Waals surface area contributed by atoms with E-state index in [-0.39, 0.29) is 27.6 Å². The summed E-state index contributed by atoms with van der Waals surface area (Å²) in [6.07, 6.45) is 1.73. The van der Waals surface area contributed by atoms with Crippen molar-refractivity contribution in [3.63, 3.8) is 0 Å². The summed E-state index contributed by atoms with van der Waals surface area (Å²) in [5.41, 5.74) is 0.681. The van der Waals surface area contributed by atoms with Gasteiger partial charge < -0.3 is 10.1 Å². The molecule has 3 rings (SSSR count). The number of benzene rings is 1. The molecule has 0 bridgehead atoms. The lowest BCUT2D eigenvalue weighted by Gasteiger charge is -2.02. The largest absolute Gasteiger partial charge is 0.497 e. The number of rotatable bonds is 4. The zero-order valence-electron chi connectivity index (χ0n) is 12.9. The number of carbonyl (C=O) groups is 1. The lowest BCUT2D eigenvalue weighted by molar-refractivity contribution is -0.118. The van der Waals surface area contributed by atoms with Gasteiger partial charge in [-0.25, -0.2) is 4.98 Å². The van der Waals surface area contributed by atoms with E-state index in [4.69, 9.17) is 27.9 Å². The van der Waals surface area contributed by atoms with Crippen molar-refractivity contribution >= 4 is 55.8 Å². The van der Waals surface area contributed by atoms with Crippen LogP contribution in [0, 0.1) is 17.3 Å². The number of allylic oxidation sites excluding steroid dienone is 1. The number of hydrogen-bond acceptors (Lipinski definition) is 4. The SMILES string of the molecule is COc1ccc2nc(NC(=O)C3C(C=C(Cl)Cl)C3(C)C)sc2c1. The Bertz CT molecular complexity index is 796. The third-order valence-electron chi connectivity index (χ3n) is 4.32. The molecular weight excluding hydrogens is 355 g/mol. The zero-order valence-corrected chi connectivity index (χ0v) is 15.2. The lowest BCUT2D eigenvalue weighted by atomic mass is 10.1. The Morgan fingerprint density at radius 2 is 2.17 bits per heavy atom. The molecule has 1 N–H and O–H groups in total. The van der Waals surface area contributed by atoms with E-state index < -0.39 is 0 Å². The number of nitrogens with zero attached hydrogens (tertiary/aromatic N) is 1. The fraction of sp³-hybridized carbons (Fsp3) is 0.375. The number of halogens is 2. The molecule has 23 heavy (non-hydrogen) atoms. The monoisotopic (exact) mass is 370 g/mol. The van der Waals surface area contributed by atoms with E-state index in [1.807, 2.05) is 32.0 Å². The van der Waals surface area contributed by atoms with Crippen LogP contribution >= 0.6 is 34.5 Å². The van der Waals surface area contributed by atoms with Crippen molar-refractivity contribution in [3.8, 4) is 5.75 Å². The molecule has 1 aromatic heterocycles. The molecule has 1 aromatic carbocycles. The minimum atomic E-state index is -0.156. The van der Waals surface area contributed by atoms with Crippen molar-refractivity contribution in [2.24, 2.45) is 17.3 Å². The minimum Gasteiger partial charge on any atom is -0.497 e. The number of aromatic nitrogens is 1. The first-order valence-electron chi connectivity index (χ1n) is 7.11. The van der Waals surface area contributed by atoms with Crippen LogP contribution < -0.4 is 10.1 Å². The summed E-state index contributed by atoms with van der Waals surface area (Å²) in [5.74, 6) is 0.597. The number of thiazole rings is 1. The molecule has 1 aliphatic carbocycles. The van der Waals surface area contributed by atoms with Gasteiger partial charge in [0.05, 0.1) is 23.2 Å². The number of hydrogen-bond donors (Lipinski definition) is 1. The molecule has 1 fully saturated rings. The molecule has 2 atom stereocenters. The summed E-state index contributed by atoms with van der Waals surface area (Å²) < 4.78 is 6.37. The van der Waals surface area contributed by atoms with Gasteiger partial charge in [0, 0.05) is 0 Å². The predicted octanol–water partition coefficient (Wildman–Crippen LogP) is 4.83. The second kappa shape index (κ2) is 5.96. The number of carbonyl (C=O) groups excluding carboxylic acids is 1. The number of methoxy groups -OCH3 is 1. The van der Waals surface area contributed by atoms with Crippen molar-refractivity contribution in [2.45, 2.75) is 13.8 Å². The van der Waals surface area contributed by atoms with Gasteiger partial charge in [0.2, 0.25) is 5.91 Å². The van der Waals surface area contributed by atoms with Gasteiger partial charge in [-0.3, -0.25) is 4.79 Å². The van der Waals surface area contributed by atoms with E-state index >= 15 is 0 Å². The highest BCUT2D eigenvalue weighted by molar-refractivity contribution is 7.22. The Balaban J connectivity index is 1.77. The highest BCUT2D eigenvalue weighted by Crippen LogP contribution is 2.60. The first kappa shape index (κ1) is 16.6. The van der Waals surface area contributed by atoms with Crippen molar-refractivity contribution in [1.29, 1.82) is 0 Å². The van der Waals surface area contributed by atoms with Crippen molar-refractivity contribution in [2.75, 3.05) is 12.4 Å². The normalized spacial score (nSPS) is 21.8. The molecule has 0 spiro atoms. The molecular formula is C16H16Cl2N2O2S. The summed E-state index contributed by atoms with van der Waals surface area (Å²) in [7, 11) is 1.62.